The number of hydrogen-bond donors (Lipinski definition) is 2. The molecule has 0 bridgehead atoms. The average molecular weight is 409 g/mol. The predicted molar refractivity (Wildman–Crippen MR) is 113 cm³/mol. The molecule has 1 amide bonds. The SMILES string of the molecule is Cn1nc(-c2cnc3[nH]cc(C(=O)NC4CCCCC4)c3n2)c2ccc(Cl)cc21. The number of rotatable bonds is 3. The first kappa shape index (κ1) is 18.1. The summed E-state index contributed by atoms with van der Waals surface area (Å²) in [5.74, 6) is -0.104. The number of amides is 1. The van der Waals surface area contributed by atoms with Gasteiger partial charge in [0.25, 0.3) is 5.91 Å². The molecule has 3 aromatic heterocycles. The van der Waals surface area contributed by atoms with Gasteiger partial charge in [-0.25, -0.2) is 9.97 Å². The topological polar surface area (TPSA) is 88.5 Å². The first-order valence-electron chi connectivity index (χ1n) is 9.88. The molecule has 0 unspecified atom stereocenters. The van der Waals surface area contributed by atoms with Crippen LogP contribution in [0.4, 0.5) is 0 Å². The number of benzene rings is 1. The lowest BCUT2D eigenvalue weighted by Crippen LogP contribution is -2.36. The van der Waals surface area contributed by atoms with Gasteiger partial charge in [-0.3, -0.25) is 9.48 Å². The van der Waals surface area contributed by atoms with Gasteiger partial charge in [0, 0.05) is 29.7 Å². The number of fused-ring (bicyclic) bond motifs is 2. The third kappa shape index (κ3) is 3.25. The van der Waals surface area contributed by atoms with E-state index >= 15 is 0 Å². The molecule has 5 rings (SSSR count). The molecule has 0 spiro atoms. The lowest BCUT2D eigenvalue weighted by Gasteiger charge is -2.22. The molecule has 1 aromatic carbocycles. The molecule has 0 saturated heterocycles. The summed E-state index contributed by atoms with van der Waals surface area (Å²) in [4.78, 5) is 25.1. The zero-order valence-corrected chi connectivity index (χ0v) is 16.8. The standard InChI is InChI=1S/C21H21ClN6O/c1-28-17-9-12(22)7-8-14(17)18(27-28)16-11-24-20-19(26-16)15(10-23-20)21(29)25-13-5-3-2-4-6-13/h7-11,13H,2-6H2,1H3,(H,23,24)(H,25,29). The van der Waals surface area contributed by atoms with E-state index in [2.05, 4.69) is 20.4 Å². The van der Waals surface area contributed by atoms with Crippen molar-refractivity contribution in [3.05, 3.63) is 41.2 Å². The monoisotopic (exact) mass is 408 g/mol. The van der Waals surface area contributed by atoms with Crippen LogP contribution in [0.15, 0.2) is 30.6 Å². The van der Waals surface area contributed by atoms with Gasteiger partial charge in [0.05, 0.1) is 17.3 Å². The molecule has 1 aliphatic carbocycles. The van der Waals surface area contributed by atoms with E-state index < -0.39 is 0 Å². The summed E-state index contributed by atoms with van der Waals surface area (Å²) in [5.41, 5.74) is 3.92. The fraction of sp³-hybridized carbons (Fsp3) is 0.333. The Morgan fingerprint density at radius 3 is 2.93 bits per heavy atom. The molecule has 1 fully saturated rings. The number of carbonyl (C=O) groups excluding carboxylic acids is 1. The van der Waals surface area contributed by atoms with E-state index in [1.165, 1.54) is 19.3 Å². The molecular weight excluding hydrogens is 388 g/mol. The van der Waals surface area contributed by atoms with Gasteiger partial charge in [0.15, 0.2) is 5.65 Å². The number of aromatic nitrogens is 5. The summed E-state index contributed by atoms with van der Waals surface area (Å²) >= 11 is 6.13. The Kier molecular flexibility index (Phi) is 4.47. The van der Waals surface area contributed by atoms with Gasteiger partial charge in [-0.05, 0) is 31.0 Å². The van der Waals surface area contributed by atoms with Crippen LogP contribution in [-0.4, -0.2) is 36.7 Å². The summed E-state index contributed by atoms with van der Waals surface area (Å²) in [6.45, 7) is 0. The quantitative estimate of drug-likeness (QED) is 0.531. The highest BCUT2D eigenvalue weighted by Gasteiger charge is 2.21. The van der Waals surface area contributed by atoms with E-state index in [1.54, 1.807) is 17.1 Å². The number of aryl methyl sites for hydroxylation is 1. The van der Waals surface area contributed by atoms with Gasteiger partial charge in [0.2, 0.25) is 0 Å². The molecule has 8 heteroatoms. The van der Waals surface area contributed by atoms with Crippen molar-refractivity contribution in [2.45, 2.75) is 38.1 Å². The van der Waals surface area contributed by atoms with Crippen LogP contribution in [0.25, 0.3) is 33.5 Å². The molecule has 1 aliphatic rings. The van der Waals surface area contributed by atoms with Gasteiger partial charge in [-0.1, -0.05) is 30.9 Å². The maximum absolute atomic E-state index is 12.9. The third-order valence-corrected chi connectivity index (χ3v) is 5.86. The maximum Gasteiger partial charge on any atom is 0.255 e. The molecule has 0 aliphatic heterocycles. The lowest BCUT2D eigenvalue weighted by molar-refractivity contribution is 0.0929. The van der Waals surface area contributed by atoms with Crippen LogP contribution in [-0.2, 0) is 7.05 Å². The average Bonchev–Trinajstić information content (AvgIpc) is 3.29. The van der Waals surface area contributed by atoms with Crippen molar-refractivity contribution in [1.29, 1.82) is 0 Å². The zero-order chi connectivity index (χ0) is 20.0. The van der Waals surface area contributed by atoms with Gasteiger partial charge >= 0.3 is 0 Å². The Morgan fingerprint density at radius 2 is 2.10 bits per heavy atom. The van der Waals surface area contributed by atoms with Crippen molar-refractivity contribution >= 4 is 39.6 Å². The number of nitrogens with one attached hydrogen (secondary N) is 2. The lowest BCUT2D eigenvalue weighted by atomic mass is 9.95. The van der Waals surface area contributed by atoms with Gasteiger partial charge < -0.3 is 10.3 Å². The van der Waals surface area contributed by atoms with Crippen molar-refractivity contribution in [1.82, 2.24) is 30.0 Å². The minimum atomic E-state index is -0.104. The molecule has 148 valence electrons. The van der Waals surface area contributed by atoms with E-state index in [4.69, 9.17) is 16.6 Å². The second-order valence-corrected chi connectivity index (χ2v) is 8.03. The Hall–Kier alpha value is -2.93. The number of hydrogen-bond acceptors (Lipinski definition) is 4. The normalized spacial score (nSPS) is 15.2. The highest BCUT2D eigenvalue weighted by atomic mass is 35.5. The van der Waals surface area contributed by atoms with Crippen molar-refractivity contribution in [3.8, 4) is 11.4 Å². The van der Waals surface area contributed by atoms with Crippen LogP contribution in [0.1, 0.15) is 42.5 Å². The highest BCUT2D eigenvalue weighted by molar-refractivity contribution is 6.31. The Bertz CT molecular complexity index is 1220. The van der Waals surface area contributed by atoms with Crippen LogP contribution in [0, 0.1) is 0 Å². The van der Waals surface area contributed by atoms with Crippen molar-refractivity contribution in [3.63, 3.8) is 0 Å². The fourth-order valence-electron chi connectivity index (χ4n) is 4.11. The van der Waals surface area contributed by atoms with Crippen LogP contribution in [0.5, 0.6) is 0 Å². The van der Waals surface area contributed by atoms with E-state index in [1.807, 2.05) is 25.2 Å². The third-order valence-electron chi connectivity index (χ3n) is 5.62. The molecule has 1 saturated carbocycles. The van der Waals surface area contributed by atoms with Crippen LogP contribution in [0.3, 0.4) is 0 Å². The Morgan fingerprint density at radius 1 is 1.28 bits per heavy atom. The minimum Gasteiger partial charge on any atom is -0.349 e. The van der Waals surface area contributed by atoms with E-state index in [-0.39, 0.29) is 11.9 Å². The van der Waals surface area contributed by atoms with E-state index in [9.17, 15) is 4.79 Å². The Balaban J connectivity index is 1.54. The zero-order valence-electron chi connectivity index (χ0n) is 16.1. The van der Waals surface area contributed by atoms with Crippen LogP contribution >= 0.6 is 11.6 Å². The number of halogens is 1. The first-order valence-corrected chi connectivity index (χ1v) is 10.3. The molecule has 7 nitrogen and oxygen atoms in total. The minimum absolute atomic E-state index is 0.104. The number of carbonyl (C=O) groups is 1. The second kappa shape index (κ2) is 7.15. The summed E-state index contributed by atoms with van der Waals surface area (Å²) in [7, 11) is 1.87. The van der Waals surface area contributed by atoms with Crippen LogP contribution in [0.2, 0.25) is 5.02 Å². The molecule has 2 N–H and O–H groups in total. The summed E-state index contributed by atoms with van der Waals surface area (Å²) in [6, 6.07) is 5.88. The second-order valence-electron chi connectivity index (χ2n) is 7.60. The number of aromatic amines is 1. The molecule has 29 heavy (non-hydrogen) atoms. The Labute approximate surface area is 172 Å². The highest BCUT2D eigenvalue weighted by Crippen LogP contribution is 2.29. The molecule has 0 radical (unpaired) electrons. The maximum atomic E-state index is 12.9. The van der Waals surface area contributed by atoms with Crippen molar-refractivity contribution in [2.24, 2.45) is 7.05 Å². The number of H-pyrrole nitrogens is 1. The summed E-state index contributed by atoms with van der Waals surface area (Å²) in [5, 5.41) is 9.35. The predicted octanol–water partition coefficient (Wildman–Crippen LogP) is 4.23. The van der Waals surface area contributed by atoms with E-state index in [0.717, 1.165) is 23.7 Å². The van der Waals surface area contributed by atoms with Gasteiger partial charge in [-0.15, -0.1) is 0 Å². The summed E-state index contributed by atoms with van der Waals surface area (Å²) in [6.07, 6.45) is 9.01. The van der Waals surface area contributed by atoms with Gasteiger partial charge in [0.1, 0.15) is 16.9 Å². The molecule has 4 aromatic rings. The first-order chi connectivity index (χ1) is 14.1. The fourth-order valence-corrected chi connectivity index (χ4v) is 4.27. The molecule has 0 atom stereocenters. The summed E-state index contributed by atoms with van der Waals surface area (Å²) < 4.78 is 1.77. The van der Waals surface area contributed by atoms with Crippen molar-refractivity contribution < 1.29 is 4.79 Å². The smallest absolute Gasteiger partial charge is 0.255 e. The number of nitrogens with zero attached hydrogens (tertiary/aromatic N) is 4. The molecule has 3 heterocycles. The van der Waals surface area contributed by atoms with Crippen molar-refractivity contribution in [2.75, 3.05) is 0 Å². The van der Waals surface area contributed by atoms with E-state index in [0.29, 0.717) is 33.1 Å². The molecular formula is C21H21ClN6O. The van der Waals surface area contributed by atoms with Crippen LogP contribution < -0.4 is 5.32 Å². The van der Waals surface area contributed by atoms with Gasteiger partial charge in [-0.2, -0.15) is 5.10 Å². The largest absolute Gasteiger partial charge is 0.349 e.